The van der Waals surface area contributed by atoms with E-state index in [9.17, 15) is 0 Å². The van der Waals surface area contributed by atoms with Crippen LogP contribution in [0.1, 0.15) is 11.5 Å². The van der Waals surface area contributed by atoms with Crippen LogP contribution in [0.5, 0.6) is 0 Å². The van der Waals surface area contributed by atoms with Gasteiger partial charge in [0.25, 0.3) is 5.95 Å². The monoisotopic (exact) mass is 220 g/mol. The third kappa shape index (κ3) is 1.96. The lowest BCUT2D eigenvalue weighted by molar-refractivity contribution is 0.797. The number of rotatable bonds is 2. The van der Waals surface area contributed by atoms with Crippen molar-refractivity contribution in [1.82, 2.24) is 24.7 Å². The van der Waals surface area contributed by atoms with Gasteiger partial charge in [-0.25, -0.2) is 15.0 Å². The van der Waals surface area contributed by atoms with Crippen molar-refractivity contribution in [3.63, 3.8) is 0 Å². The van der Waals surface area contributed by atoms with Crippen LogP contribution in [0.3, 0.4) is 0 Å². The Morgan fingerprint density at radius 1 is 1.47 bits per heavy atom. The summed E-state index contributed by atoms with van der Waals surface area (Å²) in [7, 11) is 0. The van der Waals surface area contributed by atoms with Crippen LogP contribution in [0.4, 0.5) is 0 Å². The summed E-state index contributed by atoms with van der Waals surface area (Å²) in [5, 5.41) is 4.04. The number of thiocarbonyl (C=S) groups is 1. The minimum absolute atomic E-state index is 0.154. The Labute approximate surface area is 91.2 Å². The molecule has 0 aliphatic carbocycles. The van der Waals surface area contributed by atoms with E-state index >= 15 is 0 Å². The van der Waals surface area contributed by atoms with Crippen molar-refractivity contribution in [2.24, 2.45) is 5.73 Å². The molecule has 0 fully saturated rings. The summed E-state index contributed by atoms with van der Waals surface area (Å²) in [5.41, 5.74) is 6.24. The zero-order chi connectivity index (χ0) is 10.8. The average molecular weight is 220 g/mol. The van der Waals surface area contributed by atoms with Crippen LogP contribution in [0, 0.1) is 6.92 Å². The van der Waals surface area contributed by atoms with Gasteiger partial charge in [0.15, 0.2) is 0 Å². The third-order valence-corrected chi connectivity index (χ3v) is 1.88. The van der Waals surface area contributed by atoms with Crippen LogP contribution < -0.4 is 5.73 Å². The van der Waals surface area contributed by atoms with Crippen molar-refractivity contribution in [2.75, 3.05) is 0 Å². The SMILES string of the molecule is Cc1ccnc(-n2cnc(C(N)=S)n2)n1. The van der Waals surface area contributed by atoms with Gasteiger partial charge in [0.2, 0.25) is 5.82 Å². The van der Waals surface area contributed by atoms with Crippen molar-refractivity contribution in [3.8, 4) is 5.95 Å². The molecule has 2 aromatic rings. The molecule has 2 aromatic heterocycles. The Morgan fingerprint density at radius 2 is 2.27 bits per heavy atom. The standard InChI is InChI=1S/C8H8N6S/c1-5-2-3-10-8(12-5)14-4-11-7(13-14)6(9)15/h2-4H,1H3,(H2,9,15). The first-order valence-corrected chi connectivity index (χ1v) is 4.59. The number of aryl methyl sites for hydroxylation is 1. The van der Waals surface area contributed by atoms with Crippen molar-refractivity contribution in [1.29, 1.82) is 0 Å². The molecule has 2 rings (SSSR count). The molecular formula is C8H8N6S. The zero-order valence-electron chi connectivity index (χ0n) is 7.95. The Kier molecular flexibility index (Phi) is 2.38. The highest BCUT2D eigenvalue weighted by Gasteiger charge is 2.06. The highest BCUT2D eigenvalue weighted by atomic mass is 32.1. The molecule has 0 saturated carbocycles. The van der Waals surface area contributed by atoms with E-state index in [1.807, 2.05) is 6.92 Å². The Balaban J connectivity index is 2.41. The first-order chi connectivity index (χ1) is 7.16. The van der Waals surface area contributed by atoms with Crippen molar-refractivity contribution < 1.29 is 0 Å². The molecule has 2 heterocycles. The molecule has 0 atom stereocenters. The lowest BCUT2D eigenvalue weighted by Gasteiger charge is -1.97. The number of nitrogens with two attached hydrogens (primary N) is 1. The molecular weight excluding hydrogens is 212 g/mol. The summed E-state index contributed by atoms with van der Waals surface area (Å²) < 4.78 is 1.43. The van der Waals surface area contributed by atoms with E-state index in [0.29, 0.717) is 11.8 Å². The average Bonchev–Trinajstić information content (AvgIpc) is 2.66. The van der Waals surface area contributed by atoms with Crippen molar-refractivity contribution >= 4 is 17.2 Å². The van der Waals surface area contributed by atoms with Gasteiger partial charge in [0.1, 0.15) is 11.3 Å². The second-order valence-corrected chi connectivity index (χ2v) is 3.31. The molecule has 0 aliphatic rings. The minimum Gasteiger partial charge on any atom is -0.387 e. The number of aromatic nitrogens is 5. The first-order valence-electron chi connectivity index (χ1n) is 4.18. The zero-order valence-corrected chi connectivity index (χ0v) is 8.77. The first kappa shape index (κ1) is 9.66. The van der Waals surface area contributed by atoms with Crippen LogP contribution in [0.2, 0.25) is 0 Å². The maximum absolute atomic E-state index is 5.39. The molecule has 0 bridgehead atoms. The van der Waals surface area contributed by atoms with Gasteiger partial charge in [-0.2, -0.15) is 4.68 Å². The molecule has 0 radical (unpaired) electrons. The summed E-state index contributed by atoms with van der Waals surface area (Å²) in [4.78, 5) is 12.3. The van der Waals surface area contributed by atoms with Gasteiger partial charge in [-0.3, -0.25) is 0 Å². The lowest BCUT2D eigenvalue weighted by atomic mass is 10.5. The van der Waals surface area contributed by atoms with E-state index in [2.05, 4.69) is 20.1 Å². The van der Waals surface area contributed by atoms with Gasteiger partial charge in [0, 0.05) is 11.9 Å². The van der Waals surface area contributed by atoms with Gasteiger partial charge in [0.05, 0.1) is 0 Å². The molecule has 0 unspecified atom stereocenters. The Morgan fingerprint density at radius 3 is 2.87 bits per heavy atom. The maximum Gasteiger partial charge on any atom is 0.252 e. The predicted molar refractivity (Wildman–Crippen MR) is 57.6 cm³/mol. The second-order valence-electron chi connectivity index (χ2n) is 2.88. The van der Waals surface area contributed by atoms with Gasteiger partial charge < -0.3 is 5.73 Å². The summed E-state index contributed by atoms with van der Waals surface area (Å²) in [6, 6.07) is 1.80. The molecule has 6 nitrogen and oxygen atoms in total. The van der Waals surface area contributed by atoms with E-state index in [-0.39, 0.29) is 4.99 Å². The van der Waals surface area contributed by atoms with Gasteiger partial charge in [-0.1, -0.05) is 12.2 Å². The molecule has 0 spiro atoms. The van der Waals surface area contributed by atoms with Crippen LogP contribution in [-0.2, 0) is 0 Å². The predicted octanol–water partition coefficient (Wildman–Crippen LogP) is -0.0000800. The number of hydrogen-bond donors (Lipinski definition) is 1. The molecule has 0 saturated heterocycles. The topological polar surface area (TPSA) is 82.5 Å². The summed E-state index contributed by atoms with van der Waals surface area (Å²) in [5.74, 6) is 0.764. The highest BCUT2D eigenvalue weighted by Crippen LogP contribution is 1.99. The molecule has 15 heavy (non-hydrogen) atoms. The maximum atomic E-state index is 5.39. The van der Waals surface area contributed by atoms with Gasteiger partial charge in [-0.15, -0.1) is 5.10 Å². The van der Waals surface area contributed by atoms with Crippen molar-refractivity contribution in [3.05, 3.63) is 30.1 Å². The Hall–Kier alpha value is -1.89. The smallest absolute Gasteiger partial charge is 0.252 e. The van der Waals surface area contributed by atoms with Crippen LogP contribution in [0.25, 0.3) is 5.95 Å². The second kappa shape index (κ2) is 3.70. The summed E-state index contributed by atoms with van der Waals surface area (Å²) in [6.07, 6.45) is 3.13. The number of hydrogen-bond acceptors (Lipinski definition) is 5. The highest BCUT2D eigenvalue weighted by molar-refractivity contribution is 7.80. The van der Waals surface area contributed by atoms with Crippen LogP contribution in [-0.4, -0.2) is 29.7 Å². The fourth-order valence-electron chi connectivity index (χ4n) is 1.02. The third-order valence-electron chi connectivity index (χ3n) is 1.70. The van der Waals surface area contributed by atoms with Crippen LogP contribution >= 0.6 is 12.2 Å². The van der Waals surface area contributed by atoms with E-state index in [4.69, 9.17) is 18.0 Å². The van der Waals surface area contributed by atoms with E-state index in [0.717, 1.165) is 5.69 Å². The van der Waals surface area contributed by atoms with E-state index < -0.39 is 0 Å². The van der Waals surface area contributed by atoms with Crippen molar-refractivity contribution in [2.45, 2.75) is 6.92 Å². The van der Waals surface area contributed by atoms with Gasteiger partial charge in [-0.05, 0) is 13.0 Å². The largest absolute Gasteiger partial charge is 0.387 e. The molecule has 0 amide bonds. The minimum atomic E-state index is 0.154. The summed E-state index contributed by atoms with van der Waals surface area (Å²) in [6.45, 7) is 1.87. The molecule has 0 aromatic carbocycles. The lowest BCUT2D eigenvalue weighted by Crippen LogP contribution is -2.12. The van der Waals surface area contributed by atoms with E-state index in [1.54, 1.807) is 12.3 Å². The summed E-state index contributed by atoms with van der Waals surface area (Å²) >= 11 is 4.75. The fraction of sp³-hybridized carbons (Fsp3) is 0.125. The fourth-order valence-corrected chi connectivity index (χ4v) is 1.11. The molecule has 7 heteroatoms. The quantitative estimate of drug-likeness (QED) is 0.717. The molecule has 0 aliphatic heterocycles. The van der Waals surface area contributed by atoms with E-state index in [1.165, 1.54) is 11.0 Å². The molecule has 2 N–H and O–H groups in total. The number of nitrogens with zero attached hydrogens (tertiary/aromatic N) is 5. The normalized spacial score (nSPS) is 10.2. The molecule has 76 valence electrons. The Bertz CT molecular complexity index is 505. The van der Waals surface area contributed by atoms with Gasteiger partial charge >= 0.3 is 0 Å². The van der Waals surface area contributed by atoms with Crippen LogP contribution in [0.15, 0.2) is 18.6 Å².